The number of nitrogens with zero attached hydrogens (tertiary/aromatic N) is 1. The molecule has 6 nitrogen and oxygen atoms in total. The van der Waals surface area contributed by atoms with Crippen molar-refractivity contribution in [2.75, 3.05) is 18.9 Å². The first kappa shape index (κ1) is 14.0. The molecule has 104 valence electrons. The van der Waals surface area contributed by atoms with Crippen LogP contribution >= 0.6 is 11.3 Å². The summed E-state index contributed by atoms with van der Waals surface area (Å²) < 4.78 is 0. The van der Waals surface area contributed by atoms with Crippen molar-refractivity contribution >= 4 is 29.0 Å². The van der Waals surface area contributed by atoms with E-state index in [-0.39, 0.29) is 12.5 Å². The summed E-state index contributed by atoms with van der Waals surface area (Å²) in [6.07, 6.45) is 1.75. The van der Waals surface area contributed by atoms with Crippen LogP contribution < -0.4 is 16.0 Å². The molecule has 1 heterocycles. The predicted molar refractivity (Wildman–Crippen MR) is 78.6 cm³/mol. The SMILES string of the molecule is CNC(=O)CNC(=O)Nc1ccc(-c2nccs2)cc1. The summed E-state index contributed by atoms with van der Waals surface area (Å²) in [6, 6.07) is 6.92. The fourth-order valence-corrected chi connectivity index (χ4v) is 2.13. The second-order valence-electron chi connectivity index (χ2n) is 3.90. The average molecular weight is 290 g/mol. The van der Waals surface area contributed by atoms with Gasteiger partial charge in [0.15, 0.2) is 0 Å². The lowest BCUT2D eigenvalue weighted by Gasteiger charge is -2.07. The minimum absolute atomic E-state index is 0.0560. The Morgan fingerprint density at radius 3 is 2.60 bits per heavy atom. The van der Waals surface area contributed by atoms with Gasteiger partial charge >= 0.3 is 6.03 Å². The topological polar surface area (TPSA) is 83.1 Å². The molecule has 0 bridgehead atoms. The molecular formula is C13H14N4O2S. The number of urea groups is 1. The van der Waals surface area contributed by atoms with E-state index in [0.717, 1.165) is 10.6 Å². The number of thiazole rings is 1. The van der Waals surface area contributed by atoms with Crippen LogP contribution in [0.5, 0.6) is 0 Å². The Morgan fingerprint density at radius 2 is 2.00 bits per heavy atom. The first-order valence-electron chi connectivity index (χ1n) is 5.94. The number of rotatable bonds is 4. The fourth-order valence-electron chi connectivity index (χ4n) is 1.49. The van der Waals surface area contributed by atoms with Gasteiger partial charge in [-0.05, 0) is 24.3 Å². The number of benzene rings is 1. The van der Waals surface area contributed by atoms with Gasteiger partial charge in [0.1, 0.15) is 5.01 Å². The molecule has 7 heteroatoms. The molecule has 0 radical (unpaired) electrons. The number of likely N-dealkylation sites (N-methyl/N-ethyl adjacent to an activating group) is 1. The molecule has 2 rings (SSSR count). The van der Waals surface area contributed by atoms with E-state index in [4.69, 9.17) is 0 Å². The molecule has 0 fully saturated rings. The molecule has 0 aliphatic rings. The highest BCUT2D eigenvalue weighted by atomic mass is 32.1. The zero-order valence-electron chi connectivity index (χ0n) is 10.8. The van der Waals surface area contributed by atoms with E-state index in [9.17, 15) is 9.59 Å². The monoisotopic (exact) mass is 290 g/mol. The summed E-state index contributed by atoms with van der Waals surface area (Å²) in [5, 5.41) is 10.4. The Bertz CT molecular complexity index is 581. The van der Waals surface area contributed by atoms with Gasteiger partial charge in [0.05, 0.1) is 6.54 Å². The van der Waals surface area contributed by atoms with Gasteiger partial charge in [0.2, 0.25) is 5.91 Å². The normalized spacial score (nSPS) is 9.85. The summed E-state index contributed by atoms with van der Waals surface area (Å²) in [7, 11) is 1.51. The molecule has 0 saturated heterocycles. The molecule has 20 heavy (non-hydrogen) atoms. The van der Waals surface area contributed by atoms with Crippen LogP contribution in [-0.2, 0) is 4.79 Å². The van der Waals surface area contributed by atoms with E-state index in [1.54, 1.807) is 29.7 Å². The van der Waals surface area contributed by atoms with Crippen molar-refractivity contribution in [3.8, 4) is 10.6 Å². The molecule has 1 aromatic carbocycles. The Labute approximate surface area is 120 Å². The number of nitrogens with one attached hydrogen (secondary N) is 3. The fraction of sp³-hybridized carbons (Fsp3) is 0.154. The van der Waals surface area contributed by atoms with Crippen molar-refractivity contribution in [3.05, 3.63) is 35.8 Å². The van der Waals surface area contributed by atoms with Crippen LogP contribution in [0.3, 0.4) is 0 Å². The highest BCUT2D eigenvalue weighted by molar-refractivity contribution is 7.13. The minimum Gasteiger partial charge on any atom is -0.358 e. The number of anilines is 1. The summed E-state index contributed by atoms with van der Waals surface area (Å²) in [6.45, 7) is -0.0560. The van der Waals surface area contributed by atoms with Crippen molar-refractivity contribution < 1.29 is 9.59 Å². The van der Waals surface area contributed by atoms with Crippen LogP contribution in [0.25, 0.3) is 10.6 Å². The standard InChI is InChI=1S/C13H14N4O2S/c1-14-11(18)8-16-13(19)17-10-4-2-9(3-5-10)12-15-6-7-20-12/h2-7H,8H2,1H3,(H,14,18)(H2,16,17,19). The van der Waals surface area contributed by atoms with Crippen molar-refractivity contribution in [3.63, 3.8) is 0 Å². The zero-order valence-corrected chi connectivity index (χ0v) is 11.7. The average Bonchev–Trinajstić information content (AvgIpc) is 2.99. The maximum Gasteiger partial charge on any atom is 0.319 e. The van der Waals surface area contributed by atoms with Crippen LogP contribution in [0.2, 0.25) is 0 Å². The highest BCUT2D eigenvalue weighted by Crippen LogP contribution is 2.23. The lowest BCUT2D eigenvalue weighted by atomic mass is 10.2. The third kappa shape index (κ3) is 3.79. The number of amides is 3. The van der Waals surface area contributed by atoms with E-state index in [0.29, 0.717) is 5.69 Å². The molecule has 0 atom stereocenters. The molecule has 0 unspecified atom stereocenters. The molecule has 0 aliphatic carbocycles. The van der Waals surface area contributed by atoms with Crippen LogP contribution in [0.1, 0.15) is 0 Å². The summed E-state index contributed by atoms with van der Waals surface area (Å²) >= 11 is 1.55. The van der Waals surface area contributed by atoms with E-state index in [1.165, 1.54) is 7.05 Å². The van der Waals surface area contributed by atoms with Gasteiger partial charge in [-0.3, -0.25) is 4.79 Å². The molecule has 1 aromatic heterocycles. The van der Waals surface area contributed by atoms with Crippen LogP contribution in [0.15, 0.2) is 35.8 Å². The molecular weight excluding hydrogens is 276 g/mol. The van der Waals surface area contributed by atoms with Crippen molar-refractivity contribution in [2.45, 2.75) is 0 Å². The third-order valence-corrected chi connectivity index (χ3v) is 3.33. The molecule has 3 amide bonds. The lowest BCUT2D eigenvalue weighted by Crippen LogP contribution is -2.37. The Kier molecular flexibility index (Phi) is 4.67. The number of aromatic nitrogens is 1. The van der Waals surface area contributed by atoms with Crippen molar-refractivity contribution in [1.82, 2.24) is 15.6 Å². The Hall–Kier alpha value is -2.41. The third-order valence-electron chi connectivity index (χ3n) is 2.51. The zero-order chi connectivity index (χ0) is 14.4. The van der Waals surface area contributed by atoms with Crippen molar-refractivity contribution in [2.24, 2.45) is 0 Å². The number of hydrogen-bond donors (Lipinski definition) is 3. The van der Waals surface area contributed by atoms with Gasteiger partial charge < -0.3 is 16.0 Å². The Morgan fingerprint density at radius 1 is 1.25 bits per heavy atom. The van der Waals surface area contributed by atoms with Gasteiger partial charge in [0, 0.05) is 29.9 Å². The first-order valence-corrected chi connectivity index (χ1v) is 6.82. The molecule has 0 aliphatic heterocycles. The van der Waals surface area contributed by atoms with Crippen molar-refractivity contribution in [1.29, 1.82) is 0 Å². The van der Waals surface area contributed by atoms with Crippen LogP contribution in [0, 0.1) is 0 Å². The smallest absolute Gasteiger partial charge is 0.319 e. The van der Waals surface area contributed by atoms with Crippen LogP contribution in [-0.4, -0.2) is 30.5 Å². The highest BCUT2D eigenvalue weighted by Gasteiger charge is 2.05. The van der Waals surface area contributed by atoms with Crippen LogP contribution in [0.4, 0.5) is 10.5 Å². The number of carbonyl (C=O) groups is 2. The molecule has 0 saturated carbocycles. The first-order chi connectivity index (χ1) is 9.69. The second-order valence-corrected chi connectivity index (χ2v) is 4.79. The maximum atomic E-state index is 11.5. The van der Waals surface area contributed by atoms with E-state index in [1.807, 2.05) is 17.5 Å². The van der Waals surface area contributed by atoms with Gasteiger partial charge in [-0.25, -0.2) is 9.78 Å². The largest absolute Gasteiger partial charge is 0.358 e. The minimum atomic E-state index is -0.421. The van der Waals surface area contributed by atoms with E-state index < -0.39 is 6.03 Å². The van der Waals surface area contributed by atoms with Gasteiger partial charge in [-0.2, -0.15) is 0 Å². The Balaban J connectivity index is 1.90. The predicted octanol–water partition coefficient (Wildman–Crippen LogP) is 1.68. The van der Waals surface area contributed by atoms with Gasteiger partial charge in [0.25, 0.3) is 0 Å². The van der Waals surface area contributed by atoms with Gasteiger partial charge in [-0.1, -0.05) is 0 Å². The molecule has 0 spiro atoms. The van der Waals surface area contributed by atoms with E-state index in [2.05, 4.69) is 20.9 Å². The second kappa shape index (κ2) is 6.67. The summed E-state index contributed by atoms with van der Waals surface area (Å²) in [5.74, 6) is -0.251. The van der Waals surface area contributed by atoms with Gasteiger partial charge in [-0.15, -0.1) is 11.3 Å². The van der Waals surface area contributed by atoms with E-state index >= 15 is 0 Å². The molecule has 2 aromatic rings. The lowest BCUT2D eigenvalue weighted by molar-refractivity contribution is -0.119. The number of carbonyl (C=O) groups excluding carboxylic acids is 2. The summed E-state index contributed by atoms with van der Waals surface area (Å²) in [4.78, 5) is 26.7. The number of hydrogen-bond acceptors (Lipinski definition) is 4. The quantitative estimate of drug-likeness (QED) is 0.801. The molecule has 3 N–H and O–H groups in total. The summed E-state index contributed by atoms with van der Waals surface area (Å²) in [5.41, 5.74) is 1.65. The maximum absolute atomic E-state index is 11.5.